The molecule has 3 heteroatoms. The van der Waals surface area contributed by atoms with Crippen LogP contribution in [0.25, 0.3) is 0 Å². The largest absolute Gasteiger partial charge is 0.399 e. The monoisotopic (exact) mass is 326 g/mol. The molecule has 120 valence electrons. The van der Waals surface area contributed by atoms with E-state index in [1.807, 2.05) is 37.3 Å². The predicted molar refractivity (Wildman–Crippen MR) is 101 cm³/mol. The highest BCUT2D eigenvalue weighted by atomic mass is 35.5. The van der Waals surface area contributed by atoms with Crippen molar-refractivity contribution in [3.8, 4) is 0 Å². The number of nitrogens with zero attached hydrogens (tertiary/aromatic N) is 1. The number of benzene rings is 1. The number of halogens is 1. The number of hydrogen-bond donors (Lipinski definition) is 1. The maximum Gasteiger partial charge on any atom is 0.0726 e. The molecule has 0 bridgehead atoms. The summed E-state index contributed by atoms with van der Waals surface area (Å²) in [4.78, 5) is 4.71. The fraction of sp³-hybridized carbons (Fsp3) is 0.250. The molecule has 0 unspecified atom stereocenters. The first-order valence-corrected chi connectivity index (χ1v) is 8.22. The summed E-state index contributed by atoms with van der Waals surface area (Å²) in [5.74, 6) is 0. The third kappa shape index (κ3) is 4.46. The Balaban J connectivity index is 2.47. The lowest BCUT2D eigenvalue weighted by atomic mass is 9.96. The van der Waals surface area contributed by atoms with Gasteiger partial charge < -0.3 is 5.73 Å². The highest BCUT2D eigenvalue weighted by molar-refractivity contribution is 6.30. The standard InChI is InChI=1S/C20H23ClN2/c1-4-14(2)6-5-7-18-15(3)19(22)12-13-23-20(18)16-8-10-17(21)11-9-16/h5-12H,4,13,22H2,1-3H3/b7-5-,14-6?. The third-order valence-corrected chi connectivity index (χ3v) is 4.22. The Hall–Kier alpha value is -2.06. The Bertz CT molecular complexity index is 717. The molecule has 0 aliphatic carbocycles. The van der Waals surface area contributed by atoms with Gasteiger partial charge >= 0.3 is 0 Å². The molecule has 0 saturated carbocycles. The molecule has 2 N–H and O–H groups in total. The fourth-order valence-electron chi connectivity index (χ4n) is 2.29. The van der Waals surface area contributed by atoms with Gasteiger partial charge in [-0.3, -0.25) is 4.99 Å². The van der Waals surface area contributed by atoms with Crippen LogP contribution >= 0.6 is 11.6 Å². The van der Waals surface area contributed by atoms with E-state index in [4.69, 9.17) is 22.3 Å². The number of aliphatic imine (C=N–C) groups is 1. The van der Waals surface area contributed by atoms with Crippen LogP contribution in [0, 0.1) is 0 Å². The summed E-state index contributed by atoms with van der Waals surface area (Å²) >= 11 is 6.00. The number of hydrogen-bond acceptors (Lipinski definition) is 2. The second kappa shape index (κ2) is 7.98. The van der Waals surface area contributed by atoms with Gasteiger partial charge in [-0.2, -0.15) is 0 Å². The molecule has 1 aliphatic heterocycles. The van der Waals surface area contributed by atoms with Gasteiger partial charge in [0, 0.05) is 21.9 Å². The molecule has 1 aromatic carbocycles. The van der Waals surface area contributed by atoms with Gasteiger partial charge in [-0.25, -0.2) is 0 Å². The Morgan fingerprint density at radius 1 is 1.30 bits per heavy atom. The maximum atomic E-state index is 6.15. The van der Waals surface area contributed by atoms with Crippen molar-refractivity contribution in [1.82, 2.24) is 0 Å². The molecule has 0 radical (unpaired) electrons. The first kappa shape index (κ1) is 17.3. The highest BCUT2D eigenvalue weighted by Gasteiger charge is 2.14. The smallest absolute Gasteiger partial charge is 0.0726 e. The summed E-state index contributed by atoms with van der Waals surface area (Å²) in [6, 6.07) is 7.77. The number of rotatable bonds is 4. The van der Waals surface area contributed by atoms with Gasteiger partial charge in [-0.05, 0) is 44.1 Å². The van der Waals surface area contributed by atoms with E-state index in [1.165, 1.54) is 5.57 Å². The average molecular weight is 327 g/mol. The van der Waals surface area contributed by atoms with Crippen molar-refractivity contribution in [3.63, 3.8) is 0 Å². The molecule has 0 spiro atoms. The van der Waals surface area contributed by atoms with Gasteiger partial charge in [0.25, 0.3) is 0 Å². The van der Waals surface area contributed by atoms with Crippen LogP contribution < -0.4 is 5.73 Å². The molecule has 0 fully saturated rings. The van der Waals surface area contributed by atoms with E-state index in [1.54, 1.807) is 0 Å². The molecular weight excluding hydrogens is 304 g/mol. The molecule has 23 heavy (non-hydrogen) atoms. The van der Waals surface area contributed by atoms with Crippen LogP contribution in [-0.4, -0.2) is 12.3 Å². The molecular formula is C20H23ClN2. The van der Waals surface area contributed by atoms with Crippen molar-refractivity contribution in [2.45, 2.75) is 27.2 Å². The second-order valence-electron chi connectivity index (χ2n) is 5.62. The normalized spacial score (nSPS) is 16.4. The molecule has 2 rings (SSSR count). The molecule has 1 heterocycles. The second-order valence-corrected chi connectivity index (χ2v) is 6.06. The van der Waals surface area contributed by atoms with E-state index in [2.05, 4.69) is 32.1 Å². The van der Waals surface area contributed by atoms with Gasteiger partial charge in [-0.1, -0.05) is 54.5 Å². The minimum Gasteiger partial charge on any atom is -0.399 e. The summed E-state index contributed by atoms with van der Waals surface area (Å²) in [5, 5.41) is 0.722. The van der Waals surface area contributed by atoms with Gasteiger partial charge in [0.15, 0.2) is 0 Å². The zero-order valence-corrected chi connectivity index (χ0v) is 14.7. The maximum absolute atomic E-state index is 6.15. The summed E-state index contributed by atoms with van der Waals surface area (Å²) in [6.45, 7) is 6.90. The van der Waals surface area contributed by atoms with E-state index >= 15 is 0 Å². The van der Waals surface area contributed by atoms with Crippen LogP contribution in [0.3, 0.4) is 0 Å². The summed E-state index contributed by atoms with van der Waals surface area (Å²) < 4.78 is 0. The SMILES string of the molecule is CCC(C)=C/C=C\C1=C(C)C(N)=CCN=C1c1ccc(Cl)cc1. The Morgan fingerprint density at radius 2 is 2.00 bits per heavy atom. The van der Waals surface area contributed by atoms with Crippen LogP contribution in [0.5, 0.6) is 0 Å². The molecule has 2 nitrogen and oxygen atoms in total. The Labute approximate surface area is 143 Å². The Kier molecular flexibility index (Phi) is 6.00. The van der Waals surface area contributed by atoms with Crippen LogP contribution in [0.2, 0.25) is 5.02 Å². The van der Waals surface area contributed by atoms with Crippen molar-refractivity contribution in [2.24, 2.45) is 10.7 Å². The van der Waals surface area contributed by atoms with Crippen LogP contribution in [0.1, 0.15) is 32.8 Å². The van der Waals surface area contributed by atoms with Gasteiger partial charge in [0.05, 0.1) is 12.3 Å². The number of allylic oxidation sites excluding steroid dienone is 6. The molecule has 1 aromatic rings. The first-order valence-electron chi connectivity index (χ1n) is 7.84. The van der Waals surface area contributed by atoms with E-state index < -0.39 is 0 Å². The summed E-state index contributed by atoms with van der Waals surface area (Å²) in [7, 11) is 0. The summed E-state index contributed by atoms with van der Waals surface area (Å²) in [5.41, 5.74) is 12.4. The topological polar surface area (TPSA) is 38.4 Å². The lowest BCUT2D eigenvalue weighted by Crippen LogP contribution is -2.08. The van der Waals surface area contributed by atoms with Crippen LogP contribution in [0.15, 0.2) is 76.0 Å². The quantitative estimate of drug-likeness (QED) is 0.757. The van der Waals surface area contributed by atoms with E-state index in [0.717, 1.165) is 39.6 Å². The Morgan fingerprint density at radius 3 is 2.65 bits per heavy atom. The van der Waals surface area contributed by atoms with Gasteiger partial charge in [0.1, 0.15) is 0 Å². The lowest BCUT2D eigenvalue weighted by molar-refractivity contribution is 1.10. The third-order valence-electron chi connectivity index (χ3n) is 3.97. The van der Waals surface area contributed by atoms with Gasteiger partial charge in [-0.15, -0.1) is 0 Å². The van der Waals surface area contributed by atoms with Crippen molar-refractivity contribution in [1.29, 1.82) is 0 Å². The van der Waals surface area contributed by atoms with Crippen molar-refractivity contribution in [3.05, 3.63) is 81.6 Å². The van der Waals surface area contributed by atoms with Crippen molar-refractivity contribution >= 4 is 17.3 Å². The minimum absolute atomic E-state index is 0.586. The molecule has 0 atom stereocenters. The highest BCUT2D eigenvalue weighted by Crippen LogP contribution is 2.22. The van der Waals surface area contributed by atoms with Crippen LogP contribution in [-0.2, 0) is 0 Å². The number of nitrogens with two attached hydrogens (primary N) is 1. The first-order chi connectivity index (χ1) is 11.0. The molecule has 0 saturated heterocycles. The lowest BCUT2D eigenvalue weighted by Gasteiger charge is -2.11. The fourth-order valence-corrected chi connectivity index (χ4v) is 2.42. The molecule has 1 aliphatic rings. The van der Waals surface area contributed by atoms with E-state index in [0.29, 0.717) is 6.54 Å². The van der Waals surface area contributed by atoms with Crippen molar-refractivity contribution < 1.29 is 0 Å². The van der Waals surface area contributed by atoms with Gasteiger partial charge in [0.2, 0.25) is 0 Å². The zero-order valence-electron chi connectivity index (χ0n) is 13.9. The van der Waals surface area contributed by atoms with Crippen molar-refractivity contribution in [2.75, 3.05) is 6.54 Å². The minimum atomic E-state index is 0.586. The molecule has 0 aromatic heterocycles. The van der Waals surface area contributed by atoms with E-state index in [-0.39, 0.29) is 0 Å². The summed E-state index contributed by atoms with van der Waals surface area (Å²) in [6.07, 6.45) is 9.29. The predicted octanol–water partition coefficient (Wildman–Crippen LogP) is 5.21. The van der Waals surface area contributed by atoms with E-state index in [9.17, 15) is 0 Å². The zero-order chi connectivity index (χ0) is 16.8. The average Bonchev–Trinajstić information content (AvgIpc) is 2.69. The van der Waals surface area contributed by atoms with Crippen LogP contribution in [0.4, 0.5) is 0 Å². The molecule has 0 amide bonds.